The first-order valence-corrected chi connectivity index (χ1v) is 10.8. The Labute approximate surface area is 178 Å². The molecule has 1 saturated carbocycles. The second-order valence-electron chi connectivity index (χ2n) is 8.34. The lowest BCUT2D eigenvalue weighted by atomic mass is 9.99. The van der Waals surface area contributed by atoms with Crippen LogP contribution in [0.25, 0.3) is 0 Å². The maximum Gasteiger partial charge on any atom is 0.226 e. The molecule has 0 N–H and O–H groups in total. The van der Waals surface area contributed by atoms with Gasteiger partial charge < -0.3 is 14.5 Å². The summed E-state index contributed by atoms with van der Waals surface area (Å²) in [6.07, 6.45) is 4.87. The highest BCUT2D eigenvalue weighted by atomic mass is 16.6. The molecule has 0 radical (unpaired) electrons. The van der Waals surface area contributed by atoms with Gasteiger partial charge in [-0.3, -0.25) is 4.79 Å². The quantitative estimate of drug-likeness (QED) is 0.669. The molecule has 1 heterocycles. The first-order valence-electron chi connectivity index (χ1n) is 10.8. The van der Waals surface area contributed by atoms with Crippen LogP contribution in [0, 0.1) is 12.8 Å². The van der Waals surface area contributed by atoms with E-state index in [0.29, 0.717) is 13.1 Å². The van der Waals surface area contributed by atoms with Crippen LogP contribution >= 0.6 is 0 Å². The normalized spacial score (nSPS) is 18.7. The molecule has 30 heavy (non-hydrogen) atoms. The average Bonchev–Trinajstić information content (AvgIpc) is 3.46. The van der Waals surface area contributed by atoms with E-state index in [9.17, 15) is 4.79 Å². The van der Waals surface area contributed by atoms with Crippen LogP contribution in [-0.4, -0.2) is 36.3 Å². The van der Waals surface area contributed by atoms with Crippen LogP contribution in [0.15, 0.2) is 53.7 Å². The molecule has 0 bridgehead atoms. The van der Waals surface area contributed by atoms with Crippen molar-refractivity contribution in [2.24, 2.45) is 11.1 Å². The molecule has 2 aromatic rings. The fraction of sp³-hybridized carbons (Fsp3) is 0.440. The van der Waals surface area contributed by atoms with Crippen molar-refractivity contribution in [3.63, 3.8) is 0 Å². The minimum absolute atomic E-state index is 0.115. The largest absolute Gasteiger partial charge is 0.497 e. The SMILES string of the molecule is COc1cccc(CN(C[C@@H]2CC(c3ccccc3C)=NO2)C(=O)C2CCCC2)c1. The molecule has 0 aromatic heterocycles. The molecule has 1 aliphatic carbocycles. The maximum atomic E-state index is 13.3. The number of nitrogens with zero attached hydrogens (tertiary/aromatic N) is 2. The molecule has 4 rings (SSSR count). The van der Waals surface area contributed by atoms with Gasteiger partial charge in [0.25, 0.3) is 0 Å². The van der Waals surface area contributed by atoms with Gasteiger partial charge in [-0.25, -0.2) is 0 Å². The standard InChI is InChI=1S/C25H30N2O3/c1-18-8-3-6-13-23(18)24-15-22(30-26-24)17-27(25(28)20-10-4-5-11-20)16-19-9-7-12-21(14-19)29-2/h3,6-9,12-14,20,22H,4-5,10-11,15-17H2,1-2H3/t22-/m0/s1. The number of hydrogen-bond donors (Lipinski definition) is 0. The molecule has 2 aromatic carbocycles. The zero-order valence-electron chi connectivity index (χ0n) is 17.8. The second kappa shape index (κ2) is 9.33. The molecule has 5 heteroatoms. The van der Waals surface area contributed by atoms with E-state index >= 15 is 0 Å². The highest BCUT2D eigenvalue weighted by Crippen LogP contribution is 2.28. The summed E-state index contributed by atoms with van der Waals surface area (Å²) in [5, 5.41) is 4.35. The Balaban J connectivity index is 1.47. The number of methoxy groups -OCH3 is 1. The minimum Gasteiger partial charge on any atom is -0.497 e. The molecule has 158 valence electrons. The molecule has 2 aliphatic rings. The number of carbonyl (C=O) groups excluding carboxylic acids is 1. The lowest BCUT2D eigenvalue weighted by Crippen LogP contribution is -2.40. The fourth-order valence-electron chi connectivity index (χ4n) is 4.48. The summed E-state index contributed by atoms with van der Waals surface area (Å²) < 4.78 is 5.36. The average molecular weight is 407 g/mol. The van der Waals surface area contributed by atoms with E-state index in [0.717, 1.165) is 54.7 Å². The van der Waals surface area contributed by atoms with Crippen molar-refractivity contribution in [3.8, 4) is 5.75 Å². The highest BCUT2D eigenvalue weighted by Gasteiger charge is 2.31. The zero-order valence-corrected chi connectivity index (χ0v) is 17.8. The molecule has 5 nitrogen and oxygen atoms in total. The highest BCUT2D eigenvalue weighted by molar-refractivity contribution is 6.02. The third-order valence-corrected chi connectivity index (χ3v) is 6.14. The second-order valence-corrected chi connectivity index (χ2v) is 8.34. The van der Waals surface area contributed by atoms with Gasteiger partial charge in [0.15, 0.2) is 6.10 Å². The van der Waals surface area contributed by atoms with E-state index in [1.165, 1.54) is 5.56 Å². The number of aryl methyl sites for hydroxylation is 1. The number of hydrogen-bond acceptors (Lipinski definition) is 4. The molecule has 0 spiro atoms. The van der Waals surface area contributed by atoms with Gasteiger partial charge in [0.1, 0.15) is 5.75 Å². The third kappa shape index (κ3) is 4.66. The van der Waals surface area contributed by atoms with Crippen molar-refractivity contribution in [2.75, 3.05) is 13.7 Å². The van der Waals surface area contributed by atoms with E-state index < -0.39 is 0 Å². The van der Waals surface area contributed by atoms with Crippen molar-refractivity contribution in [1.29, 1.82) is 0 Å². The number of amides is 1. The Morgan fingerprint density at radius 3 is 2.73 bits per heavy atom. The van der Waals surface area contributed by atoms with Gasteiger partial charge in [-0.05, 0) is 43.0 Å². The van der Waals surface area contributed by atoms with E-state index in [1.807, 2.05) is 41.3 Å². The third-order valence-electron chi connectivity index (χ3n) is 6.14. The molecule has 0 saturated heterocycles. The Morgan fingerprint density at radius 2 is 1.97 bits per heavy atom. The predicted octanol–water partition coefficient (Wildman–Crippen LogP) is 4.72. The van der Waals surface area contributed by atoms with Crippen molar-refractivity contribution < 1.29 is 14.4 Å². The van der Waals surface area contributed by atoms with Gasteiger partial charge in [0, 0.05) is 24.4 Å². The molecule has 1 amide bonds. The first kappa shape index (κ1) is 20.5. The molecular formula is C25H30N2O3. The lowest BCUT2D eigenvalue weighted by molar-refractivity contribution is -0.137. The topological polar surface area (TPSA) is 51.1 Å². The minimum atomic E-state index is -0.115. The van der Waals surface area contributed by atoms with Crippen LogP contribution in [0.4, 0.5) is 0 Å². The monoisotopic (exact) mass is 406 g/mol. The van der Waals surface area contributed by atoms with Gasteiger partial charge in [-0.1, -0.05) is 54.4 Å². The summed E-state index contributed by atoms with van der Waals surface area (Å²) in [5.41, 5.74) is 4.35. The maximum absolute atomic E-state index is 13.3. The molecule has 1 fully saturated rings. The van der Waals surface area contributed by atoms with Gasteiger partial charge in [-0.2, -0.15) is 0 Å². The summed E-state index contributed by atoms with van der Waals surface area (Å²) >= 11 is 0. The number of ether oxygens (including phenoxy) is 1. The van der Waals surface area contributed by atoms with Crippen molar-refractivity contribution in [1.82, 2.24) is 4.90 Å². The van der Waals surface area contributed by atoms with Crippen molar-refractivity contribution >= 4 is 11.6 Å². The van der Waals surface area contributed by atoms with Crippen LogP contribution in [0.5, 0.6) is 5.75 Å². The van der Waals surface area contributed by atoms with Crippen LogP contribution in [0.1, 0.15) is 48.8 Å². The summed E-state index contributed by atoms with van der Waals surface area (Å²) in [7, 11) is 1.66. The number of rotatable bonds is 7. The summed E-state index contributed by atoms with van der Waals surface area (Å²) in [5.74, 6) is 1.18. The van der Waals surface area contributed by atoms with Crippen LogP contribution in [-0.2, 0) is 16.2 Å². The Hall–Kier alpha value is -2.82. The van der Waals surface area contributed by atoms with Crippen molar-refractivity contribution in [2.45, 2.75) is 51.7 Å². The zero-order chi connectivity index (χ0) is 20.9. The molecule has 1 aliphatic heterocycles. The Bertz CT molecular complexity index is 918. The van der Waals surface area contributed by atoms with E-state index in [4.69, 9.17) is 9.57 Å². The number of carbonyl (C=O) groups is 1. The predicted molar refractivity (Wildman–Crippen MR) is 118 cm³/mol. The van der Waals surface area contributed by atoms with E-state index in [-0.39, 0.29) is 17.9 Å². The Morgan fingerprint density at radius 1 is 1.17 bits per heavy atom. The van der Waals surface area contributed by atoms with Gasteiger partial charge in [0.2, 0.25) is 5.91 Å². The fourth-order valence-corrected chi connectivity index (χ4v) is 4.48. The molecular weight excluding hydrogens is 376 g/mol. The van der Waals surface area contributed by atoms with Gasteiger partial charge >= 0.3 is 0 Å². The van der Waals surface area contributed by atoms with E-state index in [1.54, 1.807) is 7.11 Å². The Kier molecular flexibility index (Phi) is 6.36. The van der Waals surface area contributed by atoms with Crippen LogP contribution in [0.2, 0.25) is 0 Å². The molecule has 1 atom stereocenters. The summed E-state index contributed by atoms with van der Waals surface area (Å²) in [6, 6.07) is 16.2. The summed E-state index contributed by atoms with van der Waals surface area (Å²) in [6.45, 7) is 3.20. The summed E-state index contributed by atoms with van der Waals surface area (Å²) in [4.78, 5) is 21.0. The van der Waals surface area contributed by atoms with Crippen LogP contribution < -0.4 is 4.74 Å². The van der Waals surface area contributed by atoms with Gasteiger partial charge in [0.05, 0.1) is 19.4 Å². The lowest BCUT2D eigenvalue weighted by Gasteiger charge is -2.27. The number of benzene rings is 2. The van der Waals surface area contributed by atoms with Gasteiger partial charge in [-0.15, -0.1) is 0 Å². The number of oxime groups is 1. The van der Waals surface area contributed by atoms with Crippen LogP contribution in [0.3, 0.4) is 0 Å². The first-order chi connectivity index (χ1) is 14.6. The molecule has 0 unspecified atom stereocenters. The van der Waals surface area contributed by atoms with E-state index in [2.05, 4.69) is 24.2 Å². The van der Waals surface area contributed by atoms with Crippen molar-refractivity contribution in [3.05, 3.63) is 65.2 Å². The smallest absolute Gasteiger partial charge is 0.226 e.